The summed E-state index contributed by atoms with van der Waals surface area (Å²) in [6, 6.07) is 13.9. The summed E-state index contributed by atoms with van der Waals surface area (Å²) in [7, 11) is 1.53. The minimum absolute atomic E-state index is 0.0281. The molecule has 0 aliphatic heterocycles. The van der Waals surface area contributed by atoms with E-state index in [4.69, 9.17) is 0 Å². The molecule has 4 aromatic rings. The van der Waals surface area contributed by atoms with E-state index < -0.39 is 11.3 Å². The van der Waals surface area contributed by atoms with Crippen LogP contribution in [0, 0.1) is 6.92 Å². The van der Waals surface area contributed by atoms with E-state index in [9.17, 15) is 14.4 Å². The number of nitrogens with one attached hydrogen (secondary N) is 1. The van der Waals surface area contributed by atoms with Crippen molar-refractivity contribution in [1.29, 1.82) is 0 Å². The van der Waals surface area contributed by atoms with E-state index in [1.807, 2.05) is 30.3 Å². The third-order valence-electron chi connectivity index (χ3n) is 4.49. The topological polar surface area (TPSA) is 89.8 Å². The van der Waals surface area contributed by atoms with Crippen molar-refractivity contribution in [2.24, 2.45) is 7.05 Å². The van der Waals surface area contributed by atoms with Crippen molar-refractivity contribution < 1.29 is 4.79 Å². The number of rotatable bonds is 3. The molecule has 7 nitrogen and oxygen atoms in total. The number of nitrogens with zero attached hydrogens (tertiary/aromatic N) is 3. The van der Waals surface area contributed by atoms with Gasteiger partial charge in [0, 0.05) is 18.8 Å². The summed E-state index contributed by atoms with van der Waals surface area (Å²) in [6.07, 6.45) is 1.37. The molecule has 4 rings (SSSR count). The quantitative estimate of drug-likeness (QED) is 0.566. The lowest BCUT2D eigenvalue weighted by Gasteiger charge is -2.11. The molecule has 27 heavy (non-hydrogen) atoms. The second kappa shape index (κ2) is 6.21. The van der Waals surface area contributed by atoms with E-state index in [1.54, 1.807) is 19.1 Å². The maximum atomic E-state index is 13.1. The zero-order valence-electron chi connectivity index (χ0n) is 14.8. The van der Waals surface area contributed by atoms with Gasteiger partial charge < -0.3 is 5.10 Å². The fourth-order valence-electron chi connectivity index (χ4n) is 3.10. The Kier molecular flexibility index (Phi) is 3.84. The molecule has 2 aromatic carbocycles. The van der Waals surface area contributed by atoms with Crippen molar-refractivity contribution >= 4 is 16.7 Å². The van der Waals surface area contributed by atoms with Crippen molar-refractivity contribution in [2.45, 2.75) is 6.92 Å². The van der Waals surface area contributed by atoms with Gasteiger partial charge in [0.05, 0.1) is 16.6 Å². The molecule has 7 heteroatoms. The van der Waals surface area contributed by atoms with Gasteiger partial charge in [0.1, 0.15) is 11.4 Å². The number of aromatic amines is 1. The van der Waals surface area contributed by atoms with Crippen LogP contribution >= 0.6 is 0 Å². The molecule has 0 bridgehead atoms. The lowest BCUT2D eigenvalue weighted by molar-refractivity contribution is 0.103. The molecule has 2 aromatic heterocycles. The molecule has 2 heterocycles. The zero-order valence-corrected chi connectivity index (χ0v) is 14.8. The molecule has 0 unspecified atom stereocenters. The Morgan fingerprint density at radius 3 is 2.44 bits per heavy atom. The number of fused-ring (bicyclic) bond motifs is 1. The number of H-pyrrole nitrogens is 1. The molecule has 134 valence electrons. The Morgan fingerprint density at radius 2 is 1.78 bits per heavy atom. The first kappa shape index (κ1) is 16.7. The fourth-order valence-corrected chi connectivity index (χ4v) is 3.10. The summed E-state index contributed by atoms with van der Waals surface area (Å²) < 4.78 is 2.73. The Balaban J connectivity index is 1.92. The van der Waals surface area contributed by atoms with E-state index in [0.717, 1.165) is 0 Å². The predicted molar refractivity (Wildman–Crippen MR) is 102 cm³/mol. The molecule has 1 N–H and O–H groups in total. The lowest BCUT2D eigenvalue weighted by Crippen LogP contribution is -2.23. The number of aryl methyl sites for hydroxylation is 2. The summed E-state index contributed by atoms with van der Waals surface area (Å²) in [4.78, 5) is 42.3. The van der Waals surface area contributed by atoms with Crippen molar-refractivity contribution in [3.05, 3.63) is 92.4 Å². The summed E-state index contributed by atoms with van der Waals surface area (Å²) in [5, 5.41) is 3.00. The van der Waals surface area contributed by atoms with E-state index in [-0.39, 0.29) is 16.7 Å². The van der Waals surface area contributed by atoms with Crippen molar-refractivity contribution in [3.63, 3.8) is 0 Å². The van der Waals surface area contributed by atoms with Crippen molar-refractivity contribution in [3.8, 4) is 5.69 Å². The number of para-hydroxylation sites is 1. The molecule has 0 saturated carbocycles. The van der Waals surface area contributed by atoms with Crippen LogP contribution in [0.25, 0.3) is 16.6 Å². The van der Waals surface area contributed by atoms with Gasteiger partial charge in [0.2, 0.25) is 0 Å². The summed E-state index contributed by atoms with van der Waals surface area (Å²) in [6.45, 7) is 1.76. The Labute approximate surface area is 153 Å². The highest BCUT2D eigenvalue weighted by atomic mass is 16.2. The highest BCUT2D eigenvalue weighted by molar-refractivity contribution is 6.10. The monoisotopic (exact) mass is 360 g/mol. The van der Waals surface area contributed by atoms with Crippen LogP contribution in [0.1, 0.15) is 21.7 Å². The number of carbonyl (C=O) groups excluding carboxylic acids is 1. The molecule has 0 aliphatic carbocycles. The standard InChI is InChI=1S/C20H16N4O3/c1-12-22-17-9-8-13(18(25)16-11-21-23(2)19(16)26)10-15(17)20(27)24(12)14-6-4-3-5-7-14/h3-11,21H,1-2H3. The first-order valence-corrected chi connectivity index (χ1v) is 8.35. The van der Waals surface area contributed by atoms with Gasteiger partial charge in [0.15, 0.2) is 5.78 Å². The normalized spacial score (nSPS) is 11.0. The molecular weight excluding hydrogens is 344 g/mol. The van der Waals surface area contributed by atoms with Gasteiger partial charge in [-0.05, 0) is 37.3 Å². The third kappa shape index (κ3) is 2.69. The molecule has 0 atom stereocenters. The van der Waals surface area contributed by atoms with Crippen LogP contribution in [0.15, 0.2) is 64.3 Å². The zero-order chi connectivity index (χ0) is 19.1. The molecule has 0 aliphatic rings. The second-order valence-corrected chi connectivity index (χ2v) is 6.25. The van der Waals surface area contributed by atoms with Crippen molar-refractivity contribution in [2.75, 3.05) is 0 Å². The van der Waals surface area contributed by atoms with Gasteiger partial charge in [-0.3, -0.25) is 23.6 Å². The first-order chi connectivity index (χ1) is 13.0. The summed E-state index contributed by atoms with van der Waals surface area (Å²) in [5.74, 6) is 0.113. The van der Waals surface area contributed by atoms with E-state index in [0.29, 0.717) is 22.4 Å². The Hall–Kier alpha value is -3.74. The molecule has 0 radical (unpaired) electrons. The maximum Gasteiger partial charge on any atom is 0.277 e. The van der Waals surface area contributed by atoms with Gasteiger partial charge in [-0.2, -0.15) is 0 Å². The van der Waals surface area contributed by atoms with Gasteiger partial charge in [-0.15, -0.1) is 0 Å². The number of ketones is 1. The third-order valence-corrected chi connectivity index (χ3v) is 4.49. The van der Waals surface area contributed by atoms with Gasteiger partial charge in [0.25, 0.3) is 11.1 Å². The van der Waals surface area contributed by atoms with Gasteiger partial charge in [-0.1, -0.05) is 18.2 Å². The molecule has 0 spiro atoms. The molecular formula is C20H16N4O3. The van der Waals surface area contributed by atoms with E-state index in [2.05, 4.69) is 10.1 Å². The lowest BCUT2D eigenvalue weighted by atomic mass is 10.0. The van der Waals surface area contributed by atoms with Crippen LogP contribution in [0.2, 0.25) is 0 Å². The Morgan fingerprint density at radius 1 is 1.04 bits per heavy atom. The Bertz CT molecular complexity index is 1300. The van der Waals surface area contributed by atoms with Crippen molar-refractivity contribution in [1.82, 2.24) is 19.3 Å². The average Bonchev–Trinajstić information content (AvgIpc) is 3.01. The highest BCUT2D eigenvalue weighted by Crippen LogP contribution is 2.16. The second-order valence-electron chi connectivity index (χ2n) is 6.25. The minimum Gasteiger partial charge on any atom is -0.302 e. The average molecular weight is 360 g/mol. The van der Waals surface area contributed by atoms with Crippen LogP contribution in [-0.2, 0) is 7.05 Å². The maximum absolute atomic E-state index is 13.1. The predicted octanol–water partition coefficient (Wildman–Crippen LogP) is 1.95. The van der Waals surface area contributed by atoms with Crippen LogP contribution in [0.3, 0.4) is 0 Å². The summed E-state index contributed by atoms with van der Waals surface area (Å²) in [5.41, 5.74) is 0.819. The first-order valence-electron chi connectivity index (χ1n) is 8.35. The molecule has 0 fully saturated rings. The SMILES string of the molecule is Cc1nc2ccc(C(=O)c3c[nH]n(C)c3=O)cc2c(=O)n1-c1ccccc1. The molecule has 0 amide bonds. The van der Waals surface area contributed by atoms with Crippen LogP contribution < -0.4 is 11.1 Å². The fraction of sp³-hybridized carbons (Fsp3) is 0.100. The number of carbonyl (C=O) groups is 1. The van der Waals surface area contributed by atoms with Crippen LogP contribution in [-0.4, -0.2) is 25.1 Å². The smallest absolute Gasteiger partial charge is 0.277 e. The van der Waals surface area contributed by atoms with Crippen LogP contribution in [0.5, 0.6) is 0 Å². The number of benzene rings is 2. The number of hydrogen-bond donors (Lipinski definition) is 1. The van der Waals surface area contributed by atoms with E-state index >= 15 is 0 Å². The highest BCUT2D eigenvalue weighted by Gasteiger charge is 2.17. The minimum atomic E-state index is -0.440. The van der Waals surface area contributed by atoms with Crippen LogP contribution in [0.4, 0.5) is 0 Å². The van der Waals surface area contributed by atoms with Gasteiger partial charge in [-0.25, -0.2) is 4.98 Å². The molecule has 0 saturated heterocycles. The van der Waals surface area contributed by atoms with E-state index in [1.165, 1.54) is 28.6 Å². The largest absolute Gasteiger partial charge is 0.302 e. The number of hydrogen-bond acceptors (Lipinski definition) is 4. The van der Waals surface area contributed by atoms with Gasteiger partial charge >= 0.3 is 0 Å². The summed E-state index contributed by atoms with van der Waals surface area (Å²) >= 11 is 0. The number of aromatic nitrogens is 4.